The van der Waals surface area contributed by atoms with Crippen LogP contribution in [0.2, 0.25) is 0 Å². The second-order valence-electron chi connectivity index (χ2n) is 19.1. The molecule has 0 aromatic heterocycles. The van der Waals surface area contributed by atoms with Crippen LogP contribution in [-0.2, 0) is 18.6 Å². The first-order valence-electron chi connectivity index (χ1n) is 22.4. The molecule has 0 aliphatic carbocycles. The number of benzene rings is 8. The highest BCUT2D eigenvalue weighted by atomic mass is 31.1. The van der Waals surface area contributed by atoms with Gasteiger partial charge >= 0.3 is 14.2 Å². The van der Waals surface area contributed by atoms with Gasteiger partial charge in [-0.2, -0.15) is 0 Å². The van der Waals surface area contributed by atoms with Crippen molar-refractivity contribution in [3.8, 4) is 11.1 Å². The zero-order chi connectivity index (χ0) is 44.4. The molecule has 8 aromatic rings. The predicted molar refractivity (Wildman–Crippen MR) is 276 cm³/mol. The molecule has 4 nitrogen and oxygen atoms in total. The average molecular weight is 875 g/mol. The van der Waals surface area contributed by atoms with Crippen molar-refractivity contribution < 1.29 is 18.6 Å². The molecule has 0 saturated carbocycles. The van der Waals surface area contributed by atoms with Crippen LogP contribution in [-0.4, -0.2) is 36.6 Å². The Hall–Kier alpha value is -4.89. The van der Waals surface area contributed by atoms with E-state index in [9.17, 15) is 0 Å². The van der Waals surface area contributed by atoms with Gasteiger partial charge in [0.25, 0.3) is 0 Å². The molecule has 0 N–H and O–H groups in total. The van der Waals surface area contributed by atoms with Crippen LogP contribution < -0.4 is 42.8 Å². The van der Waals surface area contributed by atoms with Gasteiger partial charge in [0.15, 0.2) is 0 Å². The van der Waals surface area contributed by atoms with Crippen LogP contribution >= 0.6 is 15.8 Å². The Labute approximate surface area is 382 Å². The molecule has 0 amide bonds. The van der Waals surface area contributed by atoms with Gasteiger partial charge in [-0.05, 0) is 147 Å². The molecule has 64 heavy (non-hydrogen) atoms. The van der Waals surface area contributed by atoms with E-state index in [-0.39, 0.29) is 0 Å². The van der Waals surface area contributed by atoms with Crippen LogP contribution in [0.4, 0.5) is 0 Å². The van der Waals surface area contributed by atoms with Gasteiger partial charge < -0.3 is 18.6 Å². The van der Waals surface area contributed by atoms with E-state index in [1.165, 1.54) is 53.7 Å². The van der Waals surface area contributed by atoms with Gasteiger partial charge in [-0.1, -0.05) is 182 Å². The van der Waals surface area contributed by atoms with Crippen LogP contribution in [0.1, 0.15) is 55.4 Å². The zero-order valence-electron chi connectivity index (χ0n) is 38.0. The molecule has 2 saturated heterocycles. The second kappa shape index (κ2) is 16.5. The van der Waals surface area contributed by atoms with Crippen molar-refractivity contribution in [2.24, 2.45) is 0 Å². The summed E-state index contributed by atoms with van der Waals surface area (Å²) in [5, 5.41) is 12.5. The molecule has 10 rings (SSSR count). The van der Waals surface area contributed by atoms with Crippen molar-refractivity contribution in [1.29, 1.82) is 0 Å². The lowest BCUT2D eigenvalue weighted by atomic mass is 9.77. The van der Waals surface area contributed by atoms with E-state index >= 15 is 0 Å². The van der Waals surface area contributed by atoms with Crippen molar-refractivity contribution in [1.82, 2.24) is 0 Å². The maximum atomic E-state index is 6.64. The molecule has 0 unspecified atom stereocenters. The quantitative estimate of drug-likeness (QED) is 0.107. The van der Waals surface area contributed by atoms with Gasteiger partial charge in [-0.15, -0.1) is 0 Å². The Morgan fingerprint density at radius 1 is 0.328 bits per heavy atom. The molecule has 0 spiro atoms. The molecule has 8 heteroatoms. The summed E-state index contributed by atoms with van der Waals surface area (Å²) in [6.45, 7) is 16.9. The summed E-state index contributed by atoms with van der Waals surface area (Å²) in [6.07, 6.45) is 0. The lowest BCUT2D eigenvalue weighted by Gasteiger charge is -2.32. The summed E-state index contributed by atoms with van der Waals surface area (Å²) in [5.41, 5.74) is 2.72. The smallest absolute Gasteiger partial charge is 0.399 e. The lowest BCUT2D eigenvalue weighted by Crippen LogP contribution is -2.41. The molecular weight excluding hydrogens is 820 g/mol. The van der Waals surface area contributed by atoms with E-state index < -0.39 is 52.5 Å². The lowest BCUT2D eigenvalue weighted by molar-refractivity contribution is 0.00578. The largest absolute Gasteiger partial charge is 0.494 e. The Morgan fingerprint density at radius 3 is 0.891 bits per heavy atom. The normalized spacial score (nSPS) is 17.5. The molecule has 318 valence electrons. The fourth-order valence-corrected chi connectivity index (χ4v) is 13.9. The van der Waals surface area contributed by atoms with E-state index in [2.05, 4.69) is 237 Å². The molecule has 0 atom stereocenters. The summed E-state index contributed by atoms with van der Waals surface area (Å²) in [7, 11) is -2.99. The van der Waals surface area contributed by atoms with Gasteiger partial charge in [0.1, 0.15) is 0 Å². The molecule has 8 aromatic carbocycles. The van der Waals surface area contributed by atoms with Gasteiger partial charge in [0.05, 0.1) is 22.4 Å². The first-order chi connectivity index (χ1) is 30.7. The third-order valence-corrected chi connectivity index (χ3v) is 18.9. The van der Waals surface area contributed by atoms with Crippen LogP contribution in [0.5, 0.6) is 0 Å². The maximum Gasteiger partial charge on any atom is 0.494 e. The van der Waals surface area contributed by atoms with Gasteiger partial charge in [-0.3, -0.25) is 0 Å². The Morgan fingerprint density at radius 2 is 0.609 bits per heavy atom. The average Bonchev–Trinajstić information content (AvgIpc) is 3.66. The number of fused-ring (bicyclic) bond motifs is 2. The van der Waals surface area contributed by atoms with E-state index in [1.807, 2.05) is 0 Å². The van der Waals surface area contributed by atoms with Crippen molar-refractivity contribution in [3.05, 3.63) is 182 Å². The SMILES string of the molecule is CC1(C)OB(c2ccc3c(-c4c(P(c5ccccc5)c5ccccc5)ccc5cc(B6OC(C)(C)C(C)(C)O6)ccc45)c(P(c4ccccc4)c4ccccc4)ccc3c2)OC1(C)C. The van der Waals surface area contributed by atoms with Crippen molar-refractivity contribution >= 4 is 94.4 Å². The van der Waals surface area contributed by atoms with Crippen molar-refractivity contribution in [3.63, 3.8) is 0 Å². The number of hydrogen-bond acceptors (Lipinski definition) is 4. The van der Waals surface area contributed by atoms with E-state index in [4.69, 9.17) is 18.6 Å². The Kier molecular flexibility index (Phi) is 11.1. The summed E-state index contributed by atoms with van der Waals surface area (Å²) in [6, 6.07) is 67.4. The second-order valence-corrected chi connectivity index (χ2v) is 23.4. The van der Waals surface area contributed by atoms with Crippen LogP contribution in [0, 0.1) is 0 Å². The molecule has 2 heterocycles. The Balaban J connectivity index is 1.30. The van der Waals surface area contributed by atoms with Crippen LogP contribution in [0.25, 0.3) is 32.7 Å². The van der Waals surface area contributed by atoms with E-state index in [0.29, 0.717) is 0 Å². The highest BCUT2D eigenvalue weighted by Crippen LogP contribution is 2.46. The molecule has 2 aliphatic rings. The van der Waals surface area contributed by atoms with Crippen molar-refractivity contribution in [2.45, 2.75) is 77.8 Å². The number of rotatable bonds is 9. The fourth-order valence-electron chi connectivity index (χ4n) is 8.99. The van der Waals surface area contributed by atoms with E-state index in [1.54, 1.807) is 0 Å². The fraction of sp³-hybridized carbons (Fsp3) is 0.214. The van der Waals surface area contributed by atoms with Crippen LogP contribution in [0.3, 0.4) is 0 Å². The van der Waals surface area contributed by atoms with Crippen molar-refractivity contribution in [2.75, 3.05) is 0 Å². The predicted octanol–water partition coefficient (Wildman–Crippen LogP) is 9.77. The van der Waals surface area contributed by atoms with Crippen LogP contribution in [0.15, 0.2) is 182 Å². The maximum absolute atomic E-state index is 6.64. The monoisotopic (exact) mass is 874 g/mol. The standard InChI is InChI=1S/C56H54B2O4P2/c1-53(2)54(3,4)60-57(59-53)41-31-33-47-39(37-41)29-35-49(63(43-21-13-9-14-22-43)44-23-15-10-16-24-44)51(47)52-48-34-32-42(58-61-55(5,6)56(7,8)62-58)38-40(48)30-36-50(52)64(45-25-17-11-18-26-45)46-27-19-12-20-28-46/h9-38H,1-8H3. The Bertz CT molecular complexity index is 2660. The molecule has 2 aliphatic heterocycles. The highest BCUT2D eigenvalue weighted by Gasteiger charge is 2.53. The third-order valence-electron chi connectivity index (χ3n) is 13.9. The van der Waals surface area contributed by atoms with Gasteiger partial charge in [-0.25, -0.2) is 0 Å². The molecule has 2 fully saturated rings. The highest BCUT2D eigenvalue weighted by molar-refractivity contribution is 7.80. The minimum Gasteiger partial charge on any atom is -0.399 e. The topological polar surface area (TPSA) is 36.9 Å². The third kappa shape index (κ3) is 7.67. The zero-order valence-corrected chi connectivity index (χ0v) is 39.8. The summed E-state index contributed by atoms with van der Waals surface area (Å²) >= 11 is 0. The van der Waals surface area contributed by atoms with Gasteiger partial charge in [0.2, 0.25) is 0 Å². The number of hydrogen-bond donors (Lipinski definition) is 0. The molecule has 0 radical (unpaired) electrons. The first kappa shape index (κ1) is 43.0. The summed E-state index contributed by atoms with van der Waals surface area (Å²) in [5.74, 6) is 0. The van der Waals surface area contributed by atoms with E-state index in [0.717, 1.165) is 21.7 Å². The minimum absolute atomic E-state index is 0.453. The molecular formula is C56H54B2O4P2. The minimum atomic E-state index is -1.02. The first-order valence-corrected chi connectivity index (χ1v) is 25.1. The summed E-state index contributed by atoms with van der Waals surface area (Å²) < 4.78 is 26.6. The summed E-state index contributed by atoms with van der Waals surface area (Å²) in [4.78, 5) is 0. The molecule has 0 bridgehead atoms. The van der Waals surface area contributed by atoms with Gasteiger partial charge in [0, 0.05) is 0 Å².